The Bertz CT molecular complexity index is 616. The maximum atomic E-state index is 12.0. The Labute approximate surface area is 125 Å². The summed E-state index contributed by atoms with van der Waals surface area (Å²) >= 11 is 0. The minimum atomic E-state index is 0.0101. The maximum Gasteiger partial charge on any atom is 0.240 e. The highest BCUT2D eigenvalue weighted by Crippen LogP contribution is 2.19. The first-order valence-electron chi connectivity index (χ1n) is 7.43. The van der Waals surface area contributed by atoms with Gasteiger partial charge in [0.05, 0.1) is 0 Å². The van der Waals surface area contributed by atoms with Gasteiger partial charge in [-0.25, -0.2) is 4.98 Å². The van der Waals surface area contributed by atoms with Crippen molar-refractivity contribution in [1.29, 1.82) is 0 Å². The Hall–Kier alpha value is -1.88. The summed E-state index contributed by atoms with van der Waals surface area (Å²) in [5, 5.41) is 7.42. The molecule has 0 bridgehead atoms. The van der Waals surface area contributed by atoms with Crippen LogP contribution in [-0.4, -0.2) is 27.5 Å². The van der Waals surface area contributed by atoms with Gasteiger partial charge in [-0.2, -0.15) is 0 Å². The second-order valence-corrected chi connectivity index (χ2v) is 5.91. The molecule has 2 aromatic rings. The Morgan fingerprint density at radius 3 is 2.71 bits per heavy atom. The third-order valence-corrected chi connectivity index (χ3v) is 3.18. The topological polar surface area (TPSA) is 59.0 Å². The van der Waals surface area contributed by atoms with Crippen molar-refractivity contribution >= 4 is 16.9 Å². The molecule has 2 N–H and O–H groups in total. The number of hydrogen-bond acceptors (Lipinski definition) is 3. The minimum Gasteiger partial charge on any atom is -0.352 e. The second-order valence-electron chi connectivity index (χ2n) is 5.91. The van der Waals surface area contributed by atoms with Gasteiger partial charge in [-0.3, -0.25) is 4.79 Å². The van der Waals surface area contributed by atoms with Gasteiger partial charge in [0.1, 0.15) is 12.2 Å². The van der Waals surface area contributed by atoms with Gasteiger partial charge in [0.25, 0.3) is 0 Å². The van der Waals surface area contributed by atoms with Crippen molar-refractivity contribution in [3.8, 4) is 0 Å². The summed E-state index contributed by atoms with van der Waals surface area (Å²) in [6.45, 7) is 9.23. The summed E-state index contributed by atoms with van der Waals surface area (Å²) in [4.78, 5) is 16.4. The van der Waals surface area contributed by atoms with Gasteiger partial charge in [0, 0.05) is 36.4 Å². The van der Waals surface area contributed by atoms with E-state index in [2.05, 4.69) is 35.5 Å². The zero-order valence-corrected chi connectivity index (χ0v) is 13.2. The molecule has 0 aliphatic rings. The molecule has 0 aromatic carbocycles. The number of carbonyl (C=O) groups is 1. The fraction of sp³-hybridized carbons (Fsp3) is 0.500. The van der Waals surface area contributed by atoms with Crippen molar-refractivity contribution in [3.05, 3.63) is 30.1 Å². The summed E-state index contributed by atoms with van der Waals surface area (Å²) < 4.78 is 1.92. The second kappa shape index (κ2) is 6.72. The molecule has 0 saturated carbocycles. The van der Waals surface area contributed by atoms with Crippen LogP contribution >= 0.6 is 0 Å². The smallest absolute Gasteiger partial charge is 0.240 e. The lowest BCUT2D eigenvalue weighted by Crippen LogP contribution is -2.33. The predicted molar refractivity (Wildman–Crippen MR) is 85.0 cm³/mol. The van der Waals surface area contributed by atoms with E-state index in [-0.39, 0.29) is 11.9 Å². The van der Waals surface area contributed by atoms with Crippen LogP contribution in [0.15, 0.2) is 24.5 Å². The molecule has 0 unspecified atom stereocenters. The Morgan fingerprint density at radius 1 is 1.29 bits per heavy atom. The molecule has 0 aliphatic heterocycles. The number of amides is 1. The summed E-state index contributed by atoms with van der Waals surface area (Å²) in [6.07, 6.45) is 3.78. The molecular weight excluding hydrogens is 264 g/mol. The molecule has 114 valence electrons. The normalized spacial score (nSPS) is 11.5. The highest BCUT2D eigenvalue weighted by Gasteiger charge is 2.12. The van der Waals surface area contributed by atoms with Gasteiger partial charge in [0.2, 0.25) is 5.91 Å². The van der Waals surface area contributed by atoms with Gasteiger partial charge >= 0.3 is 0 Å². The standard InChI is InChI=1S/C16H24N4O/c1-11(2)18-8-13-9-20(10-15(21)19-12(3)4)16-14(13)6-5-7-17-16/h5-7,9,11-12,18H,8,10H2,1-4H3,(H,19,21). The van der Waals surface area contributed by atoms with Crippen LogP contribution < -0.4 is 10.6 Å². The number of rotatable bonds is 6. The van der Waals surface area contributed by atoms with E-state index < -0.39 is 0 Å². The van der Waals surface area contributed by atoms with Crippen LogP contribution in [0.25, 0.3) is 11.0 Å². The van der Waals surface area contributed by atoms with Crippen LogP contribution in [0.3, 0.4) is 0 Å². The molecule has 0 fully saturated rings. The molecular formula is C16H24N4O. The Kier molecular flexibility index (Phi) is 4.96. The SMILES string of the molecule is CC(C)NCc1cn(CC(=O)NC(C)C)c2ncccc12. The number of carbonyl (C=O) groups excluding carboxylic acids is 1. The van der Waals surface area contributed by atoms with Crippen LogP contribution in [0, 0.1) is 0 Å². The molecule has 0 radical (unpaired) electrons. The largest absolute Gasteiger partial charge is 0.352 e. The van der Waals surface area contributed by atoms with E-state index in [0.717, 1.165) is 17.6 Å². The van der Waals surface area contributed by atoms with Crippen LogP contribution in [0.2, 0.25) is 0 Å². The number of pyridine rings is 1. The molecule has 21 heavy (non-hydrogen) atoms. The number of fused-ring (bicyclic) bond motifs is 1. The molecule has 2 aromatic heterocycles. The predicted octanol–water partition coefficient (Wildman–Crippen LogP) is 2.06. The molecule has 0 atom stereocenters. The van der Waals surface area contributed by atoms with Crippen molar-refractivity contribution in [1.82, 2.24) is 20.2 Å². The van der Waals surface area contributed by atoms with E-state index >= 15 is 0 Å². The van der Waals surface area contributed by atoms with Gasteiger partial charge in [-0.05, 0) is 31.5 Å². The third kappa shape index (κ3) is 4.04. The maximum absolute atomic E-state index is 12.0. The van der Waals surface area contributed by atoms with E-state index in [9.17, 15) is 4.79 Å². The van der Waals surface area contributed by atoms with E-state index in [1.54, 1.807) is 6.20 Å². The lowest BCUT2D eigenvalue weighted by atomic mass is 10.2. The first-order valence-corrected chi connectivity index (χ1v) is 7.43. The molecule has 1 amide bonds. The molecule has 5 nitrogen and oxygen atoms in total. The molecule has 5 heteroatoms. The fourth-order valence-electron chi connectivity index (χ4n) is 2.29. The highest BCUT2D eigenvalue weighted by molar-refractivity contribution is 5.83. The van der Waals surface area contributed by atoms with Crippen LogP contribution in [0.1, 0.15) is 33.3 Å². The van der Waals surface area contributed by atoms with Crippen molar-refractivity contribution in [2.45, 2.75) is 52.9 Å². The molecule has 2 rings (SSSR count). The van der Waals surface area contributed by atoms with Crippen LogP contribution in [-0.2, 0) is 17.9 Å². The summed E-state index contributed by atoms with van der Waals surface area (Å²) in [7, 11) is 0. The fourth-order valence-corrected chi connectivity index (χ4v) is 2.29. The van der Waals surface area contributed by atoms with Gasteiger partial charge in [-0.15, -0.1) is 0 Å². The molecule has 2 heterocycles. The van der Waals surface area contributed by atoms with E-state index in [0.29, 0.717) is 12.6 Å². The monoisotopic (exact) mass is 288 g/mol. The van der Waals surface area contributed by atoms with Crippen molar-refractivity contribution in [2.75, 3.05) is 0 Å². The molecule has 0 spiro atoms. The third-order valence-electron chi connectivity index (χ3n) is 3.18. The van der Waals surface area contributed by atoms with Crippen LogP contribution in [0.5, 0.6) is 0 Å². The van der Waals surface area contributed by atoms with E-state index in [1.165, 1.54) is 5.56 Å². The summed E-state index contributed by atoms with van der Waals surface area (Å²) in [5.74, 6) is 0.0101. The average molecular weight is 288 g/mol. The molecule has 0 aliphatic carbocycles. The van der Waals surface area contributed by atoms with Crippen LogP contribution in [0.4, 0.5) is 0 Å². The van der Waals surface area contributed by atoms with Crippen molar-refractivity contribution < 1.29 is 4.79 Å². The summed E-state index contributed by atoms with van der Waals surface area (Å²) in [5.41, 5.74) is 2.03. The lowest BCUT2D eigenvalue weighted by molar-refractivity contribution is -0.122. The Balaban J connectivity index is 2.25. The van der Waals surface area contributed by atoms with Gasteiger partial charge in [-0.1, -0.05) is 13.8 Å². The first kappa shape index (κ1) is 15.5. The zero-order chi connectivity index (χ0) is 15.4. The number of nitrogens with one attached hydrogen (secondary N) is 2. The average Bonchev–Trinajstić information content (AvgIpc) is 2.74. The van der Waals surface area contributed by atoms with Gasteiger partial charge in [0.15, 0.2) is 0 Å². The molecule has 0 saturated heterocycles. The zero-order valence-electron chi connectivity index (χ0n) is 13.2. The number of nitrogens with zero attached hydrogens (tertiary/aromatic N) is 2. The van der Waals surface area contributed by atoms with Crippen molar-refractivity contribution in [2.24, 2.45) is 0 Å². The van der Waals surface area contributed by atoms with Gasteiger partial charge < -0.3 is 15.2 Å². The van der Waals surface area contributed by atoms with E-state index in [4.69, 9.17) is 0 Å². The van der Waals surface area contributed by atoms with E-state index in [1.807, 2.05) is 30.7 Å². The summed E-state index contributed by atoms with van der Waals surface area (Å²) in [6, 6.07) is 4.55. The van der Waals surface area contributed by atoms with Crippen molar-refractivity contribution in [3.63, 3.8) is 0 Å². The number of aromatic nitrogens is 2. The Morgan fingerprint density at radius 2 is 2.05 bits per heavy atom. The first-order chi connectivity index (χ1) is 9.97. The highest BCUT2D eigenvalue weighted by atomic mass is 16.2. The number of hydrogen-bond donors (Lipinski definition) is 2. The lowest BCUT2D eigenvalue weighted by Gasteiger charge is -2.09. The minimum absolute atomic E-state index is 0.0101. The quantitative estimate of drug-likeness (QED) is 0.855.